The number of amides is 1. The second-order valence-corrected chi connectivity index (χ2v) is 6.12. The first kappa shape index (κ1) is 18.9. The topological polar surface area (TPSA) is 54.5 Å². The molecule has 2 heterocycles. The summed E-state index contributed by atoms with van der Waals surface area (Å²) >= 11 is 0. The van der Waals surface area contributed by atoms with Gasteiger partial charge < -0.3 is 15.0 Å². The Bertz CT molecular complexity index is 788. The molecule has 1 aromatic heterocycles. The molecule has 1 aliphatic rings. The van der Waals surface area contributed by atoms with E-state index in [-0.39, 0.29) is 17.5 Å². The largest absolute Gasteiger partial charge is 0.573 e. The van der Waals surface area contributed by atoms with Crippen molar-refractivity contribution < 1.29 is 27.1 Å². The number of benzene rings is 1. The average molecular weight is 383 g/mol. The number of aromatic nitrogens is 1. The van der Waals surface area contributed by atoms with Crippen LogP contribution in [0.5, 0.6) is 5.75 Å². The minimum atomic E-state index is -4.76. The molecule has 3 rings (SSSR count). The van der Waals surface area contributed by atoms with Crippen LogP contribution in [0.2, 0.25) is 0 Å². The summed E-state index contributed by atoms with van der Waals surface area (Å²) in [5.74, 6) is -0.867. The molecule has 0 bridgehead atoms. The summed E-state index contributed by atoms with van der Waals surface area (Å²) in [6.07, 6.45) is -2.54. The molecule has 0 saturated carbocycles. The van der Waals surface area contributed by atoms with Crippen LogP contribution < -0.4 is 10.1 Å². The molecule has 1 N–H and O–H groups in total. The quantitative estimate of drug-likeness (QED) is 0.816. The number of hydrogen-bond donors (Lipinski definition) is 1. The van der Waals surface area contributed by atoms with Gasteiger partial charge in [-0.1, -0.05) is 12.1 Å². The number of pyridine rings is 1. The molecule has 1 aliphatic heterocycles. The number of alkyl halides is 3. The van der Waals surface area contributed by atoms with Crippen molar-refractivity contribution in [2.75, 3.05) is 18.4 Å². The van der Waals surface area contributed by atoms with Gasteiger partial charge in [-0.2, -0.15) is 0 Å². The van der Waals surface area contributed by atoms with E-state index in [4.69, 9.17) is 0 Å². The molecule has 0 spiro atoms. The summed E-state index contributed by atoms with van der Waals surface area (Å²) in [5, 5.41) is 3.12. The second kappa shape index (κ2) is 7.81. The van der Waals surface area contributed by atoms with Gasteiger partial charge in [0.25, 0.3) is 5.91 Å². The highest BCUT2D eigenvalue weighted by Crippen LogP contribution is 2.23. The molecule has 1 aromatic carbocycles. The molecular weight excluding hydrogens is 366 g/mol. The van der Waals surface area contributed by atoms with Crippen LogP contribution >= 0.6 is 0 Å². The van der Waals surface area contributed by atoms with E-state index in [0.717, 1.165) is 6.20 Å². The van der Waals surface area contributed by atoms with E-state index in [1.165, 1.54) is 30.3 Å². The summed E-state index contributed by atoms with van der Waals surface area (Å²) in [4.78, 5) is 17.9. The number of nitrogens with zero attached hydrogens (tertiary/aromatic N) is 2. The number of ether oxygens (including phenoxy) is 1. The SMILES string of the molecule is O=C(c1ccccc1F)N1CCC(Nc2ccc(OC(F)(F)F)cn2)CC1. The standard InChI is InChI=1S/C18H17F4N3O2/c19-15-4-2-1-3-14(15)17(26)25-9-7-12(8-10-25)24-16-6-5-13(11-23-16)27-18(20,21)22/h1-6,11-12H,7-10H2,(H,23,24). The Balaban J connectivity index is 1.52. The van der Waals surface area contributed by atoms with Gasteiger partial charge in [-0.05, 0) is 37.1 Å². The lowest BCUT2D eigenvalue weighted by molar-refractivity contribution is -0.274. The highest BCUT2D eigenvalue weighted by Gasteiger charge is 2.31. The van der Waals surface area contributed by atoms with Gasteiger partial charge in [-0.25, -0.2) is 9.37 Å². The fraction of sp³-hybridized carbons (Fsp3) is 0.333. The van der Waals surface area contributed by atoms with E-state index in [0.29, 0.717) is 31.7 Å². The first-order valence-corrected chi connectivity index (χ1v) is 8.34. The van der Waals surface area contributed by atoms with Crippen molar-refractivity contribution >= 4 is 11.7 Å². The van der Waals surface area contributed by atoms with Crippen molar-refractivity contribution in [3.05, 3.63) is 54.0 Å². The molecule has 0 radical (unpaired) electrons. The number of nitrogens with one attached hydrogen (secondary N) is 1. The lowest BCUT2D eigenvalue weighted by Crippen LogP contribution is -2.42. The van der Waals surface area contributed by atoms with Crippen LogP contribution in [-0.4, -0.2) is 41.3 Å². The van der Waals surface area contributed by atoms with Crippen LogP contribution in [0.1, 0.15) is 23.2 Å². The number of carbonyl (C=O) groups is 1. The molecule has 5 nitrogen and oxygen atoms in total. The molecule has 1 fully saturated rings. The van der Waals surface area contributed by atoms with E-state index in [1.54, 1.807) is 11.0 Å². The van der Waals surface area contributed by atoms with Gasteiger partial charge in [0.1, 0.15) is 17.4 Å². The smallest absolute Gasteiger partial charge is 0.404 e. The second-order valence-electron chi connectivity index (χ2n) is 6.12. The van der Waals surface area contributed by atoms with Gasteiger partial charge in [0.05, 0.1) is 11.8 Å². The first-order chi connectivity index (χ1) is 12.8. The van der Waals surface area contributed by atoms with Crippen molar-refractivity contribution in [1.29, 1.82) is 0 Å². The Kier molecular flexibility index (Phi) is 5.48. The maximum atomic E-state index is 13.7. The minimum absolute atomic E-state index is 0.0107. The van der Waals surface area contributed by atoms with Crippen LogP contribution in [0.15, 0.2) is 42.6 Å². The highest BCUT2D eigenvalue weighted by molar-refractivity contribution is 5.94. The van der Waals surface area contributed by atoms with Crippen molar-refractivity contribution in [3.63, 3.8) is 0 Å². The number of halogens is 4. The van der Waals surface area contributed by atoms with Gasteiger partial charge in [0.2, 0.25) is 0 Å². The molecule has 144 valence electrons. The van der Waals surface area contributed by atoms with E-state index in [9.17, 15) is 22.4 Å². The number of likely N-dealkylation sites (tertiary alicyclic amines) is 1. The van der Waals surface area contributed by atoms with E-state index >= 15 is 0 Å². The Labute approximate surface area is 153 Å². The maximum absolute atomic E-state index is 13.7. The third-order valence-corrected chi connectivity index (χ3v) is 4.21. The summed E-state index contributed by atoms with van der Waals surface area (Å²) in [7, 11) is 0. The van der Waals surface area contributed by atoms with Gasteiger partial charge in [0.15, 0.2) is 0 Å². The zero-order chi connectivity index (χ0) is 19.4. The van der Waals surface area contributed by atoms with Crippen LogP contribution in [0.4, 0.5) is 23.4 Å². The predicted molar refractivity (Wildman–Crippen MR) is 89.9 cm³/mol. The Hall–Kier alpha value is -2.84. The lowest BCUT2D eigenvalue weighted by atomic mass is 10.0. The molecule has 27 heavy (non-hydrogen) atoms. The molecule has 1 saturated heterocycles. The summed E-state index contributed by atoms with van der Waals surface area (Å²) < 4.78 is 53.9. The molecule has 1 amide bonds. The van der Waals surface area contributed by atoms with Gasteiger partial charge in [-0.3, -0.25) is 4.79 Å². The molecule has 0 atom stereocenters. The third kappa shape index (κ3) is 5.08. The fourth-order valence-electron chi connectivity index (χ4n) is 2.90. The number of hydrogen-bond acceptors (Lipinski definition) is 4. The van der Waals surface area contributed by atoms with Crippen LogP contribution in [0, 0.1) is 5.82 Å². The number of carbonyl (C=O) groups excluding carboxylic acids is 1. The zero-order valence-electron chi connectivity index (χ0n) is 14.2. The minimum Gasteiger partial charge on any atom is -0.404 e. The van der Waals surface area contributed by atoms with Gasteiger partial charge in [0, 0.05) is 19.1 Å². The summed E-state index contributed by atoms with van der Waals surface area (Å²) in [6.45, 7) is 0.889. The highest BCUT2D eigenvalue weighted by atomic mass is 19.4. The third-order valence-electron chi connectivity index (χ3n) is 4.21. The predicted octanol–water partition coefficient (Wildman–Crippen LogP) is 3.84. The molecule has 0 aliphatic carbocycles. The molecule has 2 aromatic rings. The van der Waals surface area contributed by atoms with Crippen molar-refractivity contribution in [2.45, 2.75) is 25.2 Å². The van der Waals surface area contributed by atoms with Crippen molar-refractivity contribution in [1.82, 2.24) is 9.88 Å². The summed E-state index contributed by atoms with van der Waals surface area (Å²) in [5.41, 5.74) is 0.0471. The van der Waals surface area contributed by atoms with Crippen LogP contribution in [0.3, 0.4) is 0 Å². The Morgan fingerprint density at radius 3 is 2.44 bits per heavy atom. The summed E-state index contributed by atoms with van der Waals surface area (Å²) in [6, 6.07) is 8.44. The van der Waals surface area contributed by atoms with E-state index in [1.807, 2.05) is 0 Å². The first-order valence-electron chi connectivity index (χ1n) is 8.34. The molecule has 0 unspecified atom stereocenters. The van der Waals surface area contributed by atoms with Crippen LogP contribution in [-0.2, 0) is 0 Å². The van der Waals surface area contributed by atoms with Crippen molar-refractivity contribution in [3.8, 4) is 5.75 Å². The lowest BCUT2D eigenvalue weighted by Gasteiger charge is -2.32. The normalized spacial score (nSPS) is 15.5. The van der Waals surface area contributed by atoms with Crippen LogP contribution in [0.25, 0.3) is 0 Å². The average Bonchev–Trinajstić information content (AvgIpc) is 2.63. The number of piperidine rings is 1. The Morgan fingerprint density at radius 1 is 1.15 bits per heavy atom. The molecule has 9 heteroatoms. The van der Waals surface area contributed by atoms with Gasteiger partial charge in [-0.15, -0.1) is 13.2 Å². The van der Waals surface area contributed by atoms with E-state index < -0.39 is 17.9 Å². The van der Waals surface area contributed by atoms with Gasteiger partial charge >= 0.3 is 6.36 Å². The maximum Gasteiger partial charge on any atom is 0.573 e. The molecular formula is C18H17F4N3O2. The fourth-order valence-corrected chi connectivity index (χ4v) is 2.90. The van der Waals surface area contributed by atoms with E-state index in [2.05, 4.69) is 15.0 Å². The zero-order valence-corrected chi connectivity index (χ0v) is 14.2. The van der Waals surface area contributed by atoms with Crippen molar-refractivity contribution in [2.24, 2.45) is 0 Å². The Morgan fingerprint density at radius 2 is 1.85 bits per heavy atom. The number of anilines is 1. The monoisotopic (exact) mass is 383 g/mol. The number of rotatable bonds is 4.